The molecule has 0 saturated carbocycles. The molecule has 2 heterocycles. The van der Waals surface area contributed by atoms with Gasteiger partial charge in [-0.3, -0.25) is 4.98 Å². The van der Waals surface area contributed by atoms with E-state index >= 15 is 0 Å². The molecule has 1 aliphatic rings. The van der Waals surface area contributed by atoms with E-state index in [0.29, 0.717) is 12.4 Å². The summed E-state index contributed by atoms with van der Waals surface area (Å²) in [5, 5.41) is 12.5. The molecule has 0 amide bonds. The van der Waals surface area contributed by atoms with Crippen molar-refractivity contribution in [2.45, 2.75) is 25.7 Å². The minimum Gasteiger partial charge on any atom is -0.478 e. The Labute approximate surface area is 123 Å². The van der Waals surface area contributed by atoms with Gasteiger partial charge in [0.25, 0.3) is 0 Å². The van der Waals surface area contributed by atoms with E-state index in [1.807, 2.05) is 12.1 Å². The van der Waals surface area contributed by atoms with E-state index in [1.54, 1.807) is 18.5 Å². The van der Waals surface area contributed by atoms with Crippen molar-refractivity contribution < 1.29 is 9.90 Å². The summed E-state index contributed by atoms with van der Waals surface area (Å²) in [7, 11) is 0. The van der Waals surface area contributed by atoms with Gasteiger partial charge >= 0.3 is 5.97 Å². The second kappa shape index (κ2) is 5.91. The van der Waals surface area contributed by atoms with E-state index in [2.05, 4.69) is 15.3 Å². The summed E-state index contributed by atoms with van der Waals surface area (Å²) in [5.74, 6) is -0.444. The van der Waals surface area contributed by atoms with E-state index in [-0.39, 0.29) is 5.56 Å². The van der Waals surface area contributed by atoms with Crippen LogP contribution in [-0.4, -0.2) is 27.6 Å². The predicted molar refractivity (Wildman–Crippen MR) is 79.7 cm³/mol. The lowest BCUT2D eigenvalue weighted by molar-refractivity contribution is 0.0697. The second-order valence-electron chi connectivity index (χ2n) is 5.18. The molecule has 0 radical (unpaired) electrons. The van der Waals surface area contributed by atoms with Gasteiger partial charge in [-0.2, -0.15) is 0 Å². The van der Waals surface area contributed by atoms with Crippen LogP contribution in [0, 0.1) is 0 Å². The van der Waals surface area contributed by atoms with Crippen LogP contribution in [0.3, 0.4) is 0 Å². The summed E-state index contributed by atoms with van der Waals surface area (Å²) in [5.41, 5.74) is 3.54. The highest BCUT2D eigenvalue weighted by atomic mass is 16.4. The van der Waals surface area contributed by atoms with Gasteiger partial charge in [0, 0.05) is 24.6 Å². The number of aryl methyl sites for hydroxylation is 2. The first-order valence-electron chi connectivity index (χ1n) is 7.13. The zero-order chi connectivity index (χ0) is 14.7. The molecule has 0 fully saturated rings. The minimum absolute atomic E-state index is 0.269. The van der Waals surface area contributed by atoms with Crippen molar-refractivity contribution in [3.05, 3.63) is 53.0 Å². The van der Waals surface area contributed by atoms with Crippen molar-refractivity contribution in [2.24, 2.45) is 0 Å². The van der Waals surface area contributed by atoms with Gasteiger partial charge in [0.2, 0.25) is 0 Å². The van der Waals surface area contributed by atoms with Gasteiger partial charge in [-0.15, -0.1) is 0 Å². The number of anilines is 1. The number of carboxylic acids is 1. The van der Waals surface area contributed by atoms with E-state index < -0.39 is 5.97 Å². The average molecular weight is 283 g/mol. The zero-order valence-corrected chi connectivity index (χ0v) is 11.7. The molecular formula is C16H17N3O2. The molecule has 5 nitrogen and oxygen atoms in total. The van der Waals surface area contributed by atoms with Crippen LogP contribution in [0.2, 0.25) is 0 Å². The van der Waals surface area contributed by atoms with Crippen LogP contribution < -0.4 is 5.32 Å². The number of nitrogens with one attached hydrogen (secondary N) is 1. The molecule has 0 bridgehead atoms. The number of aromatic carboxylic acids is 1. The Morgan fingerprint density at radius 1 is 1.29 bits per heavy atom. The fourth-order valence-corrected chi connectivity index (χ4v) is 2.64. The average Bonchev–Trinajstić information content (AvgIpc) is 2.94. The Kier molecular flexibility index (Phi) is 3.81. The minimum atomic E-state index is -0.927. The van der Waals surface area contributed by atoms with Crippen LogP contribution in [0.4, 0.5) is 5.82 Å². The summed E-state index contributed by atoms with van der Waals surface area (Å²) in [6.07, 6.45) is 7.24. The first-order chi connectivity index (χ1) is 10.2. The van der Waals surface area contributed by atoms with E-state index in [0.717, 1.165) is 42.5 Å². The third-order valence-corrected chi connectivity index (χ3v) is 3.74. The molecule has 108 valence electrons. The number of hydrogen-bond acceptors (Lipinski definition) is 4. The van der Waals surface area contributed by atoms with Crippen LogP contribution in [0.15, 0.2) is 30.6 Å². The molecule has 2 aromatic rings. The molecular weight excluding hydrogens is 266 g/mol. The fraction of sp³-hybridized carbons (Fsp3) is 0.312. The van der Waals surface area contributed by atoms with Crippen molar-refractivity contribution >= 4 is 11.8 Å². The molecule has 0 saturated heterocycles. The van der Waals surface area contributed by atoms with Crippen LogP contribution in [0.5, 0.6) is 0 Å². The molecule has 1 aliphatic carbocycles. The maximum absolute atomic E-state index is 11.4. The lowest BCUT2D eigenvalue weighted by atomic mass is 10.1. The summed E-state index contributed by atoms with van der Waals surface area (Å²) in [6, 6.07) is 5.68. The lowest BCUT2D eigenvalue weighted by Crippen LogP contribution is -2.12. The predicted octanol–water partition coefficient (Wildman–Crippen LogP) is 2.32. The maximum atomic E-state index is 11.4. The number of carboxylic acid groups (broad SMARTS) is 1. The number of nitrogens with zero attached hydrogens (tertiary/aromatic N) is 2. The summed E-state index contributed by atoms with van der Waals surface area (Å²) in [4.78, 5) is 19.8. The van der Waals surface area contributed by atoms with Crippen molar-refractivity contribution in [3.63, 3.8) is 0 Å². The van der Waals surface area contributed by atoms with Gasteiger partial charge in [-0.05, 0) is 55.0 Å². The van der Waals surface area contributed by atoms with Gasteiger partial charge < -0.3 is 10.4 Å². The largest absolute Gasteiger partial charge is 0.478 e. The number of hydrogen-bond donors (Lipinski definition) is 2. The summed E-state index contributed by atoms with van der Waals surface area (Å²) in [6.45, 7) is 0.649. The summed E-state index contributed by atoms with van der Waals surface area (Å²) < 4.78 is 0. The van der Waals surface area contributed by atoms with E-state index in [1.165, 1.54) is 0 Å². The Morgan fingerprint density at radius 3 is 2.86 bits per heavy atom. The van der Waals surface area contributed by atoms with Crippen LogP contribution in [0.1, 0.15) is 33.6 Å². The van der Waals surface area contributed by atoms with Gasteiger partial charge in [0.05, 0.1) is 0 Å². The quantitative estimate of drug-likeness (QED) is 0.880. The second-order valence-corrected chi connectivity index (χ2v) is 5.18. The van der Waals surface area contributed by atoms with E-state index in [9.17, 15) is 9.90 Å². The topological polar surface area (TPSA) is 75.1 Å². The Morgan fingerprint density at radius 2 is 2.10 bits per heavy atom. The normalized spacial score (nSPS) is 13.0. The number of pyridine rings is 2. The van der Waals surface area contributed by atoms with E-state index in [4.69, 9.17) is 0 Å². The molecule has 2 aromatic heterocycles. The molecule has 3 rings (SSSR count). The Hall–Kier alpha value is -2.43. The highest BCUT2D eigenvalue weighted by molar-refractivity contribution is 5.93. The molecule has 0 atom stereocenters. The van der Waals surface area contributed by atoms with Gasteiger partial charge in [-0.1, -0.05) is 0 Å². The van der Waals surface area contributed by atoms with Crippen molar-refractivity contribution in [1.29, 1.82) is 0 Å². The number of aromatic nitrogens is 2. The highest BCUT2D eigenvalue weighted by Gasteiger charge is 2.19. The van der Waals surface area contributed by atoms with Crippen molar-refractivity contribution in [2.75, 3.05) is 11.9 Å². The van der Waals surface area contributed by atoms with Gasteiger partial charge in [-0.25, -0.2) is 9.78 Å². The molecule has 0 aliphatic heterocycles. The van der Waals surface area contributed by atoms with Crippen LogP contribution in [-0.2, 0) is 19.3 Å². The standard InChI is InChI=1S/C16H17N3O2/c20-16(21)13-10-12-2-1-3-14(12)19-15(13)18-9-6-11-4-7-17-8-5-11/h4-5,7-8,10H,1-3,6,9H2,(H,18,19)(H,20,21). The summed E-state index contributed by atoms with van der Waals surface area (Å²) >= 11 is 0. The highest BCUT2D eigenvalue weighted by Crippen LogP contribution is 2.25. The van der Waals surface area contributed by atoms with Crippen molar-refractivity contribution in [1.82, 2.24) is 9.97 Å². The first kappa shape index (κ1) is 13.5. The van der Waals surface area contributed by atoms with Gasteiger partial charge in [0.1, 0.15) is 11.4 Å². The van der Waals surface area contributed by atoms with Crippen LogP contribution >= 0.6 is 0 Å². The molecule has 0 unspecified atom stereocenters. The van der Waals surface area contributed by atoms with Crippen LogP contribution in [0.25, 0.3) is 0 Å². The smallest absolute Gasteiger partial charge is 0.339 e. The lowest BCUT2D eigenvalue weighted by Gasteiger charge is -2.11. The molecule has 0 spiro atoms. The molecule has 5 heteroatoms. The zero-order valence-electron chi connectivity index (χ0n) is 11.7. The fourth-order valence-electron chi connectivity index (χ4n) is 2.64. The number of rotatable bonds is 5. The molecule has 0 aromatic carbocycles. The molecule has 21 heavy (non-hydrogen) atoms. The van der Waals surface area contributed by atoms with Gasteiger partial charge in [0.15, 0.2) is 0 Å². The molecule has 2 N–H and O–H groups in total. The maximum Gasteiger partial charge on any atom is 0.339 e. The number of carbonyl (C=O) groups is 1. The third-order valence-electron chi connectivity index (χ3n) is 3.74. The Balaban J connectivity index is 1.74. The van der Waals surface area contributed by atoms with Crippen molar-refractivity contribution in [3.8, 4) is 0 Å². The monoisotopic (exact) mass is 283 g/mol. The SMILES string of the molecule is O=C(O)c1cc2c(nc1NCCc1ccncc1)CCC2. The first-order valence-corrected chi connectivity index (χ1v) is 7.13. The third kappa shape index (κ3) is 3.02. The number of fused-ring (bicyclic) bond motifs is 1. The Bertz CT molecular complexity index is 656.